The van der Waals surface area contributed by atoms with Crippen LogP contribution in [0.5, 0.6) is 0 Å². The minimum Gasteiger partial charge on any atom is -0.322 e. The van der Waals surface area contributed by atoms with Gasteiger partial charge in [-0.05, 0) is 24.6 Å². The van der Waals surface area contributed by atoms with E-state index in [2.05, 4.69) is 36.5 Å². The molecule has 0 aliphatic carbocycles. The number of nitrogens with one attached hydrogen (secondary N) is 3. The van der Waals surface area contributed by atoms with Crippen molar-refractivity contribution in [3.63, 3.8) is 0 Å². The van der Waals surface area contributed by atoms with Crippen LogP contribution in [0.15, 0.2) is 42.5 Å². The minimum atomic E-state index is -0.749. The van der Waals surface area contributed by atoms with Gasteiger partial charge in [-0.25, -0.2) is 8.78 Å². The Morgan fingerprint density at radius 2 is 1.73 bits per heavy atom. The summed E-state index contributed by atoms with van der Waals surface area (Å²) in [4.78, 5) is 14.9. The van der Waals surface area contributed by atoms with Crippen LogP contribution >= 0.6 is 0 Å². The molecule has 0 unspecified atom stereocenters. The largest absolute Gasteiger partial charge is 0.322 e. The Bertz CT molecular complexity index is 773. The number of hydrogen-bond acceptors (Lipinski definition) is 1. The average Bonchev–Trinajstić information content (AvgIpc) is 2.61. The number of anilines is 1. The number of carbonyl (C=O) groups excluding carboxylic acids is 1. The van der Waals surface area contributed by atoms with Crippen LogP contribution in [-0.4, -0.2) is 38.6 Å². The average molecular weight is 361 g/mol. The third-order valence-corrected chi connectivity index (χ3v) is 4.98. The topological polar surface area (TPSA) is 38.0 Å². The minimum absolute atomic E-state index is 0.0274. The van der Waals surface area contributed by atoms with Crippen molar-refractivity contribution in [2.75, 3.05) is 38.0 Å². The van der Waals surface area contributed by atoms with Gasteiger partial charge in [-0.1, -0.05) is 24.3 Å². The molecule has 1 aliphatic heterocycles. The molecule has 3 rings (SSSR count). The lowest BCUT2D eigenvalue weighted by Gasteiger charge is -2.29. The summed E-state index contributed by atoms with van der Waals surface area (Å²) in [6.45, 7) is 7.25. The lowest BCUT2D eigenvalue weighted by Crippen LogP contribution is -3.28. The summed E-state index contributed by atoms with van der Waals surface area (Å²) in [5.41, 5.74) is 2.71. The van der Waals surface area contributed by atoms with Crippen molar-refractivity contribution in [1.29, 1.82) is 0 Å². The van der Waals surface area contributed by atoms with Crippen LogP contribution < -0.4 is 15.1 Å². The first-order chi connectivity index (χ1) is 12.5. The Kier molecular flexibility index (Phi) is 5.96. The normalized spacial score (nSPS) is 20.0. The fourth-order valence-corrected chi connectivity index (χ4v) is 3.40. The zero-order valence-electron chi connectivity index (χ0n) is 14.9. The molecule has 1 aliphatic rings. The van der Waals surface area contributed by atoms with Crippen molar-refractivity contribution in [2.45, 2.75) is 13.5 Å². The number of hydrogen-bond donors (Lipinski definition) is 3. The molecule has 3 N–H and O–H groups in total. The molecule has 0 spiro atoms. The number of carbonyl (C=O) groups is 1. The van der Waals surface area contributed by atoms with Gasteiger partial charge in [0.15, 0.2) is 6.54 Å². The summed E-state index contributed by atoms with van der Waals surface area (Å²) in [7, 11) is 0. The molecule has 0 saturated carbocycles. The SMILES string of the molecule is Cc1ccccc1C[NH+]1CC[NH+](CC(=O)Nc2ccc(F)cc2F)CC1. The van der Waals surface area contributed by atoms with Crippen molar-refractivity contribution in [3.8, 4) is 0 Å². The zero-order valence-corrected chi connectivity index (χ0v) is 14.9. The summed E-state index contributed by atoms with van der Waals surface area (Å²) in [5, 5.41) is 2.53. The fourth-order valence-electron chi connectivity index (χ4n) is 3.40. The Hall–Kier alpha value is -2.31. The number of benzene rings is 2. The third kappa shape index (κ3) is 4.86. The number of quaternary nitrogens is 2. The first-order valence-electron chi connectivity index (χ1n) is 8.98. The summed E-state index contributed by atoms with van der Waals surface area (Å²) in [6.07, 6.45) is 0. The van der Waals surface area contributed by atoms with Gasteiger partial charge in [0, 0.05) is 11.6 Å². The third-order valence-electron chi connectivity index (χ3n) is 4.98. The molecule has 2 aromatic carbocycles. The quantitative estimate of drug-likeness (QED) is 0.699. The van der Waals surface area contributed by atoms with Crippen LogP contribution in [0.25, 0.3) is 0 Å². The fraction of sp³-hybridized carbons (Fsp3) is 0.350. The Morgan fingerprint density at radius 1 is 1.04 bits per heavy atom. The second kappa shape index (κ2) is 8.38. The highest BCUT2D eigenvalue weighted by Gasteiger charge is 2.25. The molecule has 1 fully saturated rings. The van der Waals surface area contributed by atoms with Crippen molar-refractivity contribution < 1.29 is 23.4 Å². The van der Waals surface area contributed by atoms with Crippen LogP contribution in [0.3, 0.4) is 0 Å². The predicted octanol–water partition coefficient (Wildman–Crippen LogP) is 0.195. The highest BCUT2D eigenvalue weighted by Crippen LogP contribution is 2.14. The maximum atomic E-state index is 13.6. The molecule has 0 aromatic heterocycles. The molecule has 4 nitrogen and oxygen atoms in total. The van der Waals surface area contributed by atoms with Gasteiger partial charge >= 0.3 is 0 Å². The molecule has 0 atom stereocenters. The van der Waals surface area contributed by atoms with E-state index in [4.69, 9.17) is 0 Å². The van der Waals surface area contributed by atoms with Crippen molar-refractivity contribution in [3.05, 3.63) is 65.2 Å². The first kappa shape index (κ1) is 18.5. The monoisotopic (exact) mass is 361 g/mol. The van der Waals surface area contributed by atoms with Crippen molar-refractivity contribution in [1.82, 2.24) is 0 Å². The molecule has 2 aromatic rings. The highest BCUT2D eigenvalue weighted by molar-refractivity contribution is 5.91. The first-order valence-corrected chi connectivity index (χ1v) is 8.98. The smallest absolute Gasteiger partial charge is 0.279 e. The lowest BCUT2D eigenvalue weighted by atomic mass is 10.1. The van der Waals surface area contributed by atoms with Crippen LogP contribution in [0.4, 0.5) is 14.5 Å². The molecule has 1 heterocycles. The molecular formula is C20H25F2N3O+2. The molecule has 26 heavy (non-hydrogen) atoms. The van der Waals surface area contributed by atoms with Gasteiger partial charge in [0.2, 0.25) is 0 Å². The number of halogens is 2. The molecule has 1 amide bonds. The molecule has 6 heteroatoms. The molecule has 138 valence electrons. The van der Waals surface area contributed by atoms with Gasteiger partial charge < -0.3 is 15.1 Å². The molecule has 0 radical (unpaired) electrons. The molecular weight excluding hydrogens is 336 g/mol. The lowest BCUT2D eigenvalue weighted by molar-refractivity contribution is -1.02. The number of amides is 1. The number of aryl methyl sites for hydroxylation is 1. The Morgan fingerprint density at radius 3 is 2.42 bits per heavy atom. The standard InChI is InChI=1S/C20H23F2N3O/c1-15-4-2-3-5-16(15)13-24-8-10-25(11-9-24)14-20(26)23-19-7-6-17(21)12-18(19)22/h2-7,12H,8-11,13-14H2,1H3,(H,23,26)/p+2. The van der Waals surface area contributed by atoms with E-state index in [0.717, 1.165) is 44.9 Å². The highest BCUT2D eigenvalue weighted by atomic mass is 19.1. The van der Waals surface area contributed by atoms with Gasteiger partial charge in [-0.3, -0.25) is 4.79 Å². The van der Waals surface area contributed by atoms with E-state index in [1.807, 2.05) is 0 Å². The summed E-state index contributed by atoms with van der Waals surface area (Å²) < 4.78 is 26.5. The van der Waals surface area contributed by atoms with E-state index in [9.17, 15) is 13.6 Å². The second-order valence-corrected chi connectivity index (χ2v) is 6.95. The van der Waals surface area contributed by atoms with Crippen LogP contribution in [0.2, 0.25) is 0 Å². The van der Waals surface area contributed by atoms with E-state index in [1.165, 1.54) is 27.0 Å². The van der Waals surface area contributed by atoms with E-state index in [1.54, 1.807) is 0 Å². The van der Waals surface area contributed by atoms with Gasteiger partial charge in [0.1, 0.15) is 44.4 Å². The maximum Gasteiger partial charge on any atom is 0.279 e. The van der Waals surface area contributed by atoms with Gasteiger partial charge in [0.25, 0.3) is 5.91 Å². The molecule has 1 saturated heterocycles. The predicted molar refractivity (Wildman–Crippen MR) is 96.1 cm³/mol. The van der Waals surface area contributed by atoms with Crippen molar-refractivity contribution >= 4 is 11.6 Å². The van der Waals surface area contributed by atoms with Crippen LogP contribution in [0.1, 0.15) is 11.1 Å². The van der Waals surface area contributed by atoms with Gasteiger partial charge in [0.05, 0.1) is 5.69 Å². The van der Waals surface area contributed by atoms with Crippen molar-refractivity contribution in [2.24, 2.45) is 0 Å². The zero-order chi connectivity index (χ0) is 18.5. The summed E-state index contributed by atoms with van der Waals surface area (Å²) in [5.74, 6) is -1.65. The van der Waals surface area contributed by atoms with E-state index >= 15 is 0 Å². The Labute approximate surface area is 152 Å². The maximum absolute atomic E-state index is 13.6. The van der Waals surface area contributed by atoms with E-state index in [0.29, 0.717) is 6.54 Å². The number of piperazine rings is 1. The summed E-state index contributed by atoms with van der Waals surface area (Å²) in [6, 6.07) is 11.6. The second-order valence-electron chi connectivity index (χ2n) is 6.95. The van der Waals surface area contributed by atoms with Crippen LogP contribution in [0, 0.1) is 18.6 Å². The van der Waals surface area contributed by atoms with E-state index < -0.39 is 11.6 Å². The summed E-state index contributed by atoms with van der Waals surface area (Å²) >= 11 is 0. The van der Waals surface area contributed by atoms with Gasteiger partial charge in [-0.2, -0.15) is 0 Å². The van der Waals surface area contributed by atoms with E-state index in [-0.39, 0.29) is 11.6 Å². The van der Waals surface area contributed by atoms with Gasteiger partial charge in [-0.15, -0.1) is 0 Å². The number of rotatable bonds is 5. The molecule has 0 bridgehead atoms. The Balaban J connectivity index is 1.46. The van der Waals surface area contributed by atoms with Crippen LogP contribution in [-0.2, 0) is 11.3 Å².